The average Bonchev–Trinajstić information content (AvgIpc) is 1.88. The zero-order valence-electron chi connectivity index (χ0n) is 7.87. The van der Waals surface area contributed by atoms with Gasteiger partial charge in [0.1, 0.15) is 0 Å². The Hall–Kier alpha value is 2.13. The molecule has 0 saturated heterocycles. The minimum Gasteiger partial charge on any atom is -0.763 e. The van der Waals surface area contributed by atoms with Crippen molar-refractivity contribution in [1.82, 2.24) is 0 Å². The Labute approximate surface area is 144 Å². The Balaban J connectivity index is -0.000000333. The van der Waals surface area contributed by atoms with E-state index >= 15 is 0 Å². The van der Waals surface area contributed by atoms with Crippen LogP contribution in [-0.4, -0.2) is 13.0 Å². The molecule has 0 aliphatic carbocycles. The molecule has 0 fully saturated rings. The van der Waals surface area contributed by atoms with Crippen LogP contribution in [0.15, 0.2) is 23.1 Å². The van der Waals surface area contributed by atoms with Crippen molar-refractivity contribution in [3.63, 3.8) is 0 Å². The van der Waals surface area contributed by atoms with Gasteiger partial charge in [0.05, 0.1) is 0 Å². The van der Waals surface area contributed by atoms with E-state index in [-0.39, 0.29) is 93.6 Å². The zero-order chi connectivity index (χ0) is 7.61. The van der Waals surface area contributed by atoms with Crippen molar-refractivity contribution >= 4 is 10.1 Å². The zero-order valence-corrected chi connectivity index (χ0v) is 14.7. The van der Waals surface area contributed by atoms with Crippen molar-refractivity contribution in [2.24, 2.45) is 0 Å². The summed E-state index contributed by atoms with van der Waals surface area (Å²) in [4.78, 5) is -0.296. The molecule has 13 heavy (non-hydrogen) atoms. The second kappa shape index (κ2) is 9.36. The number of rotatable bonds is 1. The Morgan fingerprint density at radius 2 is 1.46 bits per heavy atom. The molecule has 1 rings (SSSR count). The Morgan fingerprint density at radius 1 is 1.08 bits per heavy atom. The van der Waals surface area contributed by atoms with Gasteiger partial charge in [-0.25, -0.2) is 0 Å². The van der Waals surface area contributed by atoms with E-state index in [1.165, 1.54) is 6.07 Å². The second-order valence-corrected chi connectivity index (χ2v) is 3.00. The number of hydrogen-bond acceptors (Lipinski definition) is 3. The van der Waals surface area contributed by atoms with Crippen molar-refractivity contribution in [1.29, 1.82) is 0 Å². The predicted molar refractivity (Wildman–Crippen MR) is 32.1 cm³/mol. The van der Waals surface area contributed by atoms with Crippen molar-refractivity contribution in [2.75, 3.05) is 0 Å². The van der Waals surface area contributed by atoms with Crippen LogP contribution in [0.2, 0.25) is 0 Å². The summed E-state index contributed by atoms with van der Waals surface area (Å²) >= 11 is 0. The van der Waals surface area contributed by atoms with Crippen molar-refractivity contribution in [2.45, 2.75) is 4.90 Å². The molecule has 0 aliphatic heterocycles. The Bertz CT molecular complexity index is 311. The van der Waals surface area contributed by atoms with E-state index in [0.29, 0.717) is 0 Å². The quantitative estimate of drug-likeness (QED) is 0.270. The molecule has 0 bridgehead atoms. The molecule has 0 heterocycles. The third-order valence-electron chi connectivity index (χ3n) is 0.907. The van der Waals surface area contributed by atoms with Crippen LogP contribution in [0.4, 0.5) is 0 Å². The van der Waals surface area contributed by atoms with Gasteiger partial charge in [-0.2, -0.15) is 4.90 Å². The summed E-state index contributed by atoms with van der Waals surface area (Å²) in [5, 5.41) is 0. The minimum atomic E-state index is -4.32. The van der Waals surface area contributed by atoms with Gasteiger partial charge < -0.3 is 22.8 Å². The van der Waals surface area contributed by atoms with Gasteiger partial charge in [-0.1, -0.05) is 0 Å². The molecule has 0 N–H and O–H groups in total. The van der Waals surface area contributed by atoms with Crippen LogP contribution in [-0.2, 0) is 10.1 Å². The van der Waals surface area contributed by atoms with E-state index in [2.05, 4.69) is 12.1 Å². The fourth-order valence-electron chi connectivity index (χ4n) is 0.482. The van der Waals surface area contributed by atoms with Gasteiger partial charge in [-0.15, -0.1) is 0 Å². The Morgan fingerprint density at radius 3 is 1.69 bits per heavy atom. The molecule has 1 aromatic carbocycles. The maximum absolute atomic E-state index is 10.2. The van der Waals surface area contributed by atoms with E-state index in [1.54, 1.807) is 0 Å². The largest absolute Gasteiger partial charge is 1.00 e. The maximum Gasteiger partial charge on any atom is 1.00 e. The summed E-state index contributed by atoms with van der Waals surface area (Å²) in [6, 6.07) is 8.48. The molecule has 54 valence electrons. The summed E-state index contributed by atoms with van der Waals surface area (Å²) in [6.07, 6.45) is 0. The topological polar surface area (TPSA) is 57.2 Å². The first kappa shape index (κ1) is 20.5. The molecule has 1 aromatic rings. The summed E-state index contributed by atoms with van der Waals surface area (Å²) in [5.41, 5.74) is 0. The van der Waals surface area contributed by atoms with E-state index in [0.717, 1.165) is 12.1 Å². The third kappa shape index (κ3) is 7.99. The van der Waals surface area contributed by atoms with Crippen molar-refractivity contribution < 1.29 is 102 Å². The van der Waals surface area contributed by atoms with Gasteiger partial charge in [0.25, 0.3) is 0 Å². The van der Waals surface area contributed by atoms with E-state index in [9.17, 15) is 13.0 Å². The Kier molecular flexibility index (Phi) is 14.8. The average molecular weight is 224 g/mol. The summed E-state index contributed by atoms with van der Waals surface area (Å²) in [7, 11) is -4.32. The second-order valence-electron chi connectivity index (χ2n) is 1.62. The van der Waals surface area contributed by atoms with Gasteiger partial charge in [-0.05, 0) is 0 Å². The first-order valence-electron chi connectivity index (χ1n) is 2.44. The van der Waals surface area contributed by atoms with Gasteiger partial charge in [0.15, 0.2) is 0 Å². The normalized spacial score (nSPS) is 8.69. The van der Waals surface area contributed by atoms with Crippen LogP contribution >= 0.6 is 0 Å². The monoisotopic (exact) mass is 224 g/mol. The van der Waals surface area contributed by atoms with Crippen LogP contribution in [0.25, 0.3) is 0 Å². The van der Waals surface area contributed by atoms with E-state index < -0.39 is 10.1 Å². The first-order chi connectivity index (χ1) is 4.61. The van der Waals surface area contributed by atoms with Gasteiger partial charge >= 0.3 is 88.7 Å². The van der Waals surface area contributed by atoms with Crippen LogP contribution in [0.3, 0.4) is 0 Å². The van der Waals surface area contributed by atoms with Crippen LogP contribution in [0.5, 0.6) is 0 Å². The predicted octanol–water partition coefficient (Wildman–Crippen LogP) is -8.80. The van der Waals surface area contributed by atoms with Crippen molar-refractivity contribution in [3.05, 3.63) is 30.3 Å². The minimum absolute atomic E-state index is 0. The standard InChI is InChI=1S/C6H4O3S.3Na/c7-10(8,9)6-4-2-1-3-5-6;;;/h1,4-5H,(H,7,8,9);;;/q-2;3*+1/p-1. The van der Waals surface area contributed by atoms with Gasteiger partial charge in [-0.3, -0.25) is 20.6 Å². The molecule has 0 spiro atoms. The van der Waals surface area contributed by atoms with Crippen molar-refractivity contribution in [3.8, 4) is 0 Å². The molecular weight excluding hydrogens is 221 g/mol. The summed E-state index contributed by atoms with van der Waals surface area (Å²) in [5.74, 6) is 0. The molecule has 7 heteroatoms. The summed E-state index contributed by atoms with van der Waals surface area (Å²) in [6.45, 7) is 0. The van der Waals surface area contributed by atoms with E-state index in [1.807, 2.05) is 0 Å². The molecule has 0 amide bonds. The first-order valence-corrected chi connectivity index (χ1v) is 3.84. The molecular formula is C6H3Na3O3S. The molecule has 0 unspecified atom stereocenters. The molecule has 0 aromatic heterocycles. The molecule has 0 saturated carbocycles. The fraction of sp³-hybridized carbons (Fsp3) is 0. The maximum atomic E-state index is 10.2. The molecule has 0 radical (unpaired) electrons. The van der Waals surface area contributed by atoms with E-state index in [4.69, 9.17) is 0 Å². The van der Waals surface area contributed by atoms with Crippen LogP contribution in [0, 0.1) is 12.1 Å². The molecule has 0 aliphatic rings. The van der Waals surface area contributed by atoms with Crippen LogP contribution in [0.1, 0.15) is 0 Å². The molecule has 0 atom stereocenters. The summed E-state index contributed by atoms with van der Waals surface area (Å²) < 4.78 is 30.7. The van der Waals surface area contributed by atoms with Gasteiger partial charge in [0.2, 0.25) is 0 Å². The SMILES string of the molecule is O=S(=O)([O-])c1c[c-]c[c-]c1.[Na+].[Na+].[Na+]. The number of benzene rings is 1. The smallest absolute Gasteiger partial charge is 0.763 e. The number of hydrogen-bond donors (Lipinski definition) is 0. The fourth-order valence-corrected chi connectivity index (χ4v) is 0.906. The molecule has 3 nitrogen and oxygen atoms in total. The van der Waals surface area contributed by atoms with Gasteiger partial charge in [0, 0.05) is 10.1 Å². The van der Waals surface area contributed by atoms with Crippen LogP contribution < -0.4 is 88.7 Å². The third-order valence-corrected chi connectivity index (χ3v) is 1.72.